The normalized spacial score (nSPS) is 17.9. The van der Waals surface area contributed by atoms with Crippen molar-refractivity contribution < 1.29 is 0 Å². The number of anilines is 3. The summed E-state index contributed by atoms with van der Waals surface area (Å²) < 4.78 is 0. The van der Waals surface area contributed by atoms with Crippen LogP contribution in [-0.4, -0.2) is 43.2 Å². The van der Waals surface area contributed by atoms with Gasteiger partial charge in [0, 0.05) is 45.1 Å². The second kappa shape index (κ2) is 6.86. The molecular weight excluding hydrogens is 286 g/mol. The second-order valence-electron chi connectivity index (χ2n) is 6.40. The van der Waals surface area contributed by atoms with E-state index in [4.69, 9.17) is 0 Å². The van der Waals surface area contributed by atoms with Gasteiger partial charge in [0.05, 0.1) is 0 Å². The lowest BCUT2D eigenvalue weighted by molar-refractivity contribution is 0.527. The average molecular weight is 311 g/mol. The zero-order valence-corrected chi connectivity index (χ0v) is 14.2. The van der Waals surface area contributed by atoms with Gasteiger partial charge in [-0.15, -0.1) is 0 Å². The Kier molecular flexibility index (Phi) is 4.65. The number of hydrogen-bond acceptors (Lipinski definition) is 5. The molecule has 2 aromatic rings. The molecule has 0 spiro atoms. The Hall–Kier alpha value is -2.30. The fourth-order valence-electron chi connectivity index (χ4n) is 2.94. The number of hydrogen-bond donors (Lipinski definition) is 1. The van der Waals surface area contributed by atoms with E-state index in [1.54, 1.807) is 0 Å². The Labute approximate surface area is 138 Å². The smallest absolute Gasteiger partial charge is 0.224 e. The SMILES string of the molecule is Cc1ccc(N2CCCC(Nc3nccc(N(C)C)n3)C2)cc1. The van der Waals surface area contributed by atoms with Crippen molar-refractivity contribution in [2.75, 3.05) is 42.3 Å². The summed E-state index contributed by atoms with van der Waals surface area (Å²) in [6.45, 7) is 4.22. The van der Waals surface area contributed by atoms with E-state index >= 15 is 0 Å². The molecule has 0 bridgehead atoms. The van der Waals surface area contributed by atoms with Crippen molar-refractivity contribution in [2.45, 2.75) is 25.8 Å². The molecule has 0 radical (unpaired) electrons. The molecule has 1 aromatic heterocycles. The fourth-order valence-corrected chi connectivity index (χ4v) is 2.94. The lowest BCUT2D eigenvalue weighted by atomic mass is 10.0. The van der Waals surface area contributed by atoms with Crippen LogP contribution in [0.25, 0.3) is 0 Å². The average Bonchev–Trinajstić information content (AvgIpc) is 2.56. The molecule has 1 aliphatic heterocycles. The van der Waals surface area contributed by atoms with Gasteiger partial charge < -0.3 is 15.1 Å². The van der Waals surface area contributed by atoms with Crippen LogP contribution < -0.4 is 15.1 Å². The highest BCUT2D eigenvalue weighted by Crippen LogP contribution is 2.22. The number of rotatable bonds is 4. The van der Waals surface area contributed by atoms with Crippen LogP contribution in [-0.2, 0) is 0 Å². The standard InChI is InChI=1S/C18H25N5/c1-14-6-8-16(9-7-14)23-12-4-5-15(13-23)20-18-19-11-10-17(21-18)22(2)3/h6-11,15H,4-5,12-13H2,1-3H3,(H,19,20,21). The summed E-state index contributed by atoms with van der Waals surface area (Å²) in [6.07, 6.45) is 4.14. The van der Waals surface area contributed by atoms with Gasteiger partial charge in [-0.05, 0) is 38.0 Å². The van der Waals surface area contributed by atoms with E-state index in [9.17, 15) is 0 Å². The van der Waals surface area contributed by atoms with Crippen LogP contribution in [0.3, 0.4) is 0 Å². The lowest BCUT2D eigenvalue weighted by Gasteiger charge is -2.35. The van der Waals surface area contributed by atoms with Gasteiger partial charge in [0.15, 0.2) is 0 Å². The number of piperidine rings is 1. The summed E-state index contributed by atoms with van der Waals surface area (Å²) in [5.74, 6) is 1.64. The number of aryl methyl sites for hydroxylation is 1. The highest BCUT2D eigenvalue weighted by molar-refractivity contribution is 5.49. The van der Waals surface area contributed by atoms with Gasteiger partial charge in [-0.25, -0.2) is 4.98 Å². The molecule has 23 heavy (non-hydrogen) atoms. The summed E-state index contributed by atoms with van der Waals surface area (Å²) >= 11 is 0. The Morgan fingerprint density at radius 1 is 1.17 bits per heavy atom. The number of benzene rings is 1. The summed E-state index contributed by atoms with van der Waals surface area (Å²) in [5.41, 5.74) is 2.60. The van der Waals surface area contributed by atoms with E-state index in [1.807, 2.05) is 31.3 Å². The maximum absolute atomic E-state index is 4.56. The minimum atomic E-state index is 0.377. The molecule has 1 saturated heterocycles. The van der Waals surface area contributed by atoms with Crippen molar-refractivity contribution in [1.82, 2.24) is 9.97 Å². The van der Waals surface area contributed by atoms with Gasteiger partial charge in [-0.3, -0.25) is 0 Å². The molecule has 1 aliphatic rings. The van der Waals surface area contributed by atoms with E-state index < -0.39 is 0 Å². The van der Waals surface area contributed by atoms with Gasteiger partial charge in [0.25, 0.3) is 0 Å². The Morgan fingerprint density at radius 3 is 2.70 bits per heavy atom. The number of nitrogens with one attached hydrogen (secondary N) is 1. The number of aromatic nitrogens is 2. The molecule has 5 heteroatoms. The zero-order valence-electron chi connectivity index (χ0n) is 14.2. The van der Waals surface area contributed by atoms with Crippen LogP contribution in [0.15, 0.2) is 36.5 Å². The van der Waals surface area contributed by atoms with E-state index in [0.717, 1.165) is 25.3 Å². The van der Waals surface area contributed by atoms with Gasteiger partial charge in [0.2, 0.25) is 5.95 Å². The molecule has 0 aliphatic carbocycles. The van der Waals surface area contributed by atoms with Crippen molar-refractivity contribution in [2.24, 2.45) is 0 Å². The molecule has 0 saturated carbocycles. The molecule has 1 aromatic carbocycles. The van der Waals surface area contributed by atoms with E-state index in [1.165, 1.54) is 17.7 Å². The van der Waals surface area contributed by atoms with E-state index in [0.29, 0.717) is 12.0 Å². The topological polar surface area (TPSA) is 44.3 Å². The van der Waals surface area contributed by atoms with Crippen LogP contribution in [0.2, 0.25) is 0 Å². The summed E-state index contributed by atoms with van der Waals surface area (Å²) in [4.78, 5) is 13.4. The van der Waals surface area contributed by atoms with E-state index in [-0.39, 0.29) is 0 Å². The third-order valence-electron chi connectivity index (χ3n) is 4.25. The second-order valence-corrected chi connectivity index (χ2v) is 6.40. The summed E-state index contributed by atoms with van der Waals surface area (Å²) in [6, 6.07) is 11.1. The first-order valence-corrected chi connectivity index (χ1v) is 8.20. The monoisotopic (exact) mass is 311 g/mol. The highest BCUT2D eigenvalue weighted by Gasteiger charge is 2.20. The molecule has 1 unspecified atom stereocenters. The quantitative estimate of drug-likeness (QED) is 0.940. The molecule has 5 nitrogen and oxygen atoms in total. The predicted octanol–water partition coefficient (Wildman–Crippen LogP) is 2.93. The molecule has 1 atom stereocenters. The molecular formula is C18H25N5. The van der Waals surface area contributed by atoms with Crippen LogP contribution >= 0.6 is 0 Å². The predicted molar refractivity (Wildman–Crippen MR) is 96.4 cm³/mol. The van der Waals surface area contributed by atoms with Crippen molar-refractivity contribution >= 4 is 17.5 Å². The fraction of sp³-hybridized carbons (Fsp3) is 0.444. The number of nitrogens with zero attached hydrogens (tertiary/aromatic N) is 4. The first-order valence-electron chi connectivity index (χ1n) is 8.20. The van der Waals surface area contributed by atoms with Crippen LogP contribution in [0, 0.1) is 6.92 Å². The van der Waals surface area contributed by atoms with Crippen molar-refractivity contribution in [3.8, 4) is 0 Å². The van der Waals surface area contributed by atoms with Crippen LogP contribution in [0.1, 0.15) is 18.4 Å². The minimum Gasteiger partial charge on any atom is -0.369 e. The van der Waals surface area contributed by atoms with Gasteiger partial charge >= 0.3 is 0 Å². The first kappa shape index (κ1) is 15.6. The summed E-state index contributed by atoms with van der Waals surface area (Å²) in [5, 5.41) is 3.50. The Balaban J connectivity index is 1.67. The van der Waals surface area contributed by atoms with E-state index in [2.05, 4.69) is 51.4 Å². The van der Waals surface area contributed by atoms with Crippen molar-refractivity contribution in [3.05, 3.63) is 42.1 Å². The maximum atomic E-state index is 4.56. The van der Waals surface area contributed by atoms with Gasteiger partial charge in [0.1, 0.15) is 5.82 Å². The first-order chi connectivity index (χ1) is 11.1. The third kappa shape index (κ3) is 3.92. The third-order valence-corrected chi connectivity index (χ3v) is 4.25. The minimum absolute atomic E-state index is 0.377. The van der Waals surface area contributed by atoms with Crippen molar-refractivity contribution in [3.63, 3.8) is 0 Å². The van der Waals surface area contributed by atoms with Crippen LogP contribution in [0.4, 0.5) is 17.5 Å². The molecule has 2 heterocycles. The highest BCUT2D eigenvalue weighted by atomic mass is 15.2. The maximum Gasteiger partial charge on any atom is 0.224 e. The molecule has 1 fully saturated rings. The van der Waals surface area contributed by atoms with Crippen LogP contribution in [0.5, 0.6) is 0 Å². The largest absolute Gasteiger partial charge is 0.369 e. The summed E-state index contributed by atoms with van der Waals surface area (Å²) in [7, 11) is 3.98. The van der Waals surface area contributed by atoms with Gasteiger partial charge in [-0.1, -0.05) is 17.7 Å². The lowest BCUT2D eigenvalue weighted by Crippen LogP contribution is -2.42. The molecule has 1 N–H and O–H groups in total. The van der Waals surface area contributed by atoms with Gasteiger partial charge in [-0.2, -0.15) is 4.98 Å². The van der Waals surface area contributed by atoms with Crippen molar-refractivity contribution in [1.29, 1.82) is 0 Å². The Bertz CT molecular complexity index is 638. The Morgan fingerprint density at radius 2 is 1.96 bits per heavy atom. The zero-order chi connectivity index (χ0) is 16.2. The molecule has 122 valence electrons. The molecule has 3 rings (SSSR count). The molecule has 0 amide bonds.